The van der Waals surface area contributed by atoms with Crippen molar-refractivity contribution in [1.82, 2.24) is 5.32 Å². The molecule has 1 spiro atoms. The second-order valence-electron chi connectivity index (χ2n) is 13.0. The fraction of sp³-hybridized carbons (Fsp3) is 0.706. The van der Waals surface area contributed by atoms with Crippen LogP contribution in [-0.4, -0.2) is 43.6 Å². The molecule has 1 saturated heterocycles. The predicted molar refractivity (Wildman–Crippen MR) is 161 cm³/mol. The normalized spacial score (nSPS) is 32.3. The number of hydrogen-bond donors (Lipinski definition) is 3. The van der Waals surface area contributed by atoms with Crippen molar-refractivity contribution in [2.45, 2.75) is 103 Å². The van der Waals surface area contributed by atoms with E-state index in [1.54, 1.807) is 7.11 Å². The Morgan fingerprint density at radius 1 is 1.31 bits per heavy atom. The molecule has 1 aromatic carbocycles. The summed E-state index contributed by atoms with van der Waals surface area (Å²) in [6.07, 6.45) is 12.3. The van der Waals surface area contributed by atoms with Gasteiger partial charge in [-0.3, -0.25) is 5.73 Å². The van der Waals surface area contributed by atoms with E-state index in [4.69, 9.17) is 15.2 Å². The van der Waals surface area contributed by atoms with Crippen LogP contribution in [0.3, 0.4) is 0 Å². The standard InChI is InChI=1S/C34H54N2O3/c1-8-25-17-29(16-23(4)30(25)9-2)34(35,38-7)14-12-28-18-26-22-39-33(19-27(20-33)24(5)37)31(26)21-32(28,6)13-11-15-36-10-3/h8,16-18,24,26-27,31,36-37H,1,9-15,19-22,35H2,2-7H3. The van der Waals surface area contributed by atoms with Crippen LogP contribution in [0, 0.1) is 30.1 Å². The number of ether oxygens (including phenoxy) is 2. The lowest BCUT2D eigenvalue weighted by Crippen LogP contribution is -2.53. The van der Waals surface area contributed by atoms with Crippen molar-refractivity contribution < 1.29 is 14.6 Å². The monoisotopic (exact) mass is 538 g/mol. The van der Waals surface area contributed by atoms with Gasteiger partial charge in [0.05, 0.1) is 18.3 Å². The van der Waals surface area contributed by atoms with Crippen LogP contribution in [0.25, 0.3) is 6.08 Å². The van der Waals surface area contributed by atoms with Crippen LogP contribution in [-0.2, 0) is 21.6 Å². The second kappa shape index (κ2) is 12.2. The molecule has 0 aromatic heterocycles. The number of rotatable bonds is 13. The quantitative estimate of drug-likeness (QED) is 0.157. The Bertz CT molecular complexity index is 1040. The van der Waals surface area contributed by atoms with Gasteiger partial charge in [-0.05, 0) is 124 Å². The van der Waals surface area contributed by atoms with Crippen molar-refractivity contribution in [3.63, 3.8) is 0 Å². The highest BCUT2D eigenvalue weighted by Crippen LogP contribution is 2.61. The summed E-state index contributed by atoms with van der Waals surface area (Å²) in [6.45, 7) is 17.8. The first kappa shape index (κ1) is 30.5. The molecule has 0 bridgehead atoms. The van der Waals surface area contributed by atoms with Gasteiger partial charge in [-0.25, -0.2) is 0 Å². The van der Waals surface area contributed by atoms with Gasteiger partial charge < -0.3 is 19.9 Å². The van der Waals surface area contributed by atoms with Gasteiger partial charge in [0.25, 0.3) is 0 Å². The Morgan fingerprint density at radius 3 is 2.67 bits per heavy atom. The van der Waals surface area contributed by atoms with Gasteiger partial charge >= 0.3 is 0 Å². The van der Waals surface area contributed by atoms with E-state index in [2.05, 4.69) is 57.8 Å². The third-order valence-corrected chi connectivity index (χ3v) is 10.5. The Balaban J connectivity index is 1.58. The van der Waals surface area contributed by atoms with Gasteiger partial charge in [0.2, 0.25) is 0 Å². The molecule has 2 aliphatic carbocycles. The van der Waals surface area contributed by atoms with Crippen LogP contribution in [0.15, 0.2) is 30.4 Å². The zero-order chi connectivity index (χ0) is 28.4. The van der Waals surface area contributed by atoms with Crippen LogP contribution < -0.4 is 11.1 Å². The average Bonchev–Trinajstić information content (AvgIpc) is 3.26. The molecule has 0 radical (unpaired) electrons. The van der Waals surface area contributed by atoms with E-state index in [1.807, 2.05) is 13.0 Å². The van der Waals surface area contributed by atoms with Crippen molar-refractivity contribution in [3.05, 3.63) is 52.6 Å². The zero-order valence-electron chi connectivity index (χ0n) is 25.4. The molecule has 1 heterocycles. The Hall–Kier alpha value is -1.50. The predicted octanol–water partition coefficient (Wildman–Crippen LogP) is 6.26. The van der Waals surface area contributed by atoms with Gasteiger partial charge in [-0.15, -0.1) is 0 Å². The van der Waals surface area contributed by atoms with Gasteiger partial charge in [0, 0.05) is 13.0 Å². The maximum absolute atomic E-state index is 10.2. The lowest BCUT2D eigenvalue weighted by molar-refractivity contribution is -0.144. The van der Waals surface area contributed by atoms with Crippen LogP contribution in [0.5, 0.6) is 0 Å². The molecule has 5 atom stereocenters. The van der Waals surface area contributed by atoms with E-state index in [1.165, 1.54) is 16.7 Å². The van der Waals surface area contributed by atoms with Crippen molar-refractivity contribution >= 4 is 6.08 Å². The molecule has 1 aromatic rings. The molecule has 2 fully saturated rings. The third kappa shape index (κ3) is 5.94. The van der Waals surface area contributed by atoms with Crippen molar-refractivity contribution in [2.75, 3.05) is 26.8 Å². The number of fused-ring (bicyclic) bond motifs is 2. The zero-order valence-corrected chi connectivity index (χ0v) is 25.4. The maximum atomic E-state index is 10.2. The first-order valence-corrected chi connectivity index (χ1v) is 15.4. The van der Waals surface area contributed by atoms with Crippen LogP contribution in [0.2, 0.25) is 0 Å². The molecule has 5 heteroatoms. The molecule has 3 aliphatic rings. The molecular weight excluding hydrogens is 484 g/mol. The SMILES string of the molecule is C=Cc1cc(C(N)(CCC2=CC3COC4(CC(C(C)O)C4)C3CC2(C)CCCNCC)OC)cc(C)c1CC. The summed E-state index contributed by atoms with van der Waals surface area (Å²) < 4.78 is 12.6. The van der Waals surface area contributed by atoms with Gasteiger partial charge in [-0.1, -0.05) is 51.1 Å². The molecular formula is C34H54N2O3. The van der Waals surface area contributed by atoms with Crippen molar-refractivity contribution in [2.24, 2.45) is 28.9 Å². The van der Waals surface area contributed by atoms with Crippen molar-refractivity contribution in [3.8, 4) is 0 Å². The minimum atomic E-state index is -0.858. The number of aliphatic hydroxyl groups is 1. The summed E-state index contributed by atoms with van der Waals surface area (Å²) in [4.78, 5) is 0. The van der Waals surface area contributed by atoms with Crippen LogP contribution in [0.1, 0.15) is 94.9 Å². The summed E-state index contributed by atoms with van der Waals surface area (Å²) >= 11 is 0. The topological polar surface area (TPSA) is 76.7 Å². The van der Waals surface area contributed by atoms with Crippen LogP contribution in [0.4, 0.5) is 0 Å². The molecule has 39 heavy (non-hydrogen) atoms. The van der Waals surface area contributed by atoms with Gasteiger partial charge in [-0.2, -0.15) is 0 Å². The molecule has 1 aliphatic heterocycles. The van der Waals surface area contributed by atoms with E-state index in [0.717, 1.165) is 82.2 Å². The molecule has 5 nitrogen and oxygen atoms in total. The number of aliphatic hydroxyl groups excluding tert-OH is 1. The Kier molecular flexibility index (Phi) is 9.50. The highest BCUT2D eigenvalue weighted by molar-refractivity contribution is 5.56. The number of benzene rings is 1. The summed E-state index contributed by atoms with van der Waals surface area (Å²) in [5.74, 6) is 1.35. The van der Waals surface area contributed by atoms with E-state index < -0.39 is 5.72 Å². The van der Waals surface area contributed by atoms with Gasteiger partial charge in [0.15, 0.2) is 0 Å². The summed E-state index contributed by atoms with van der Waals surface area (Å²) in [5, 5.41) is 13.7. The molecule has 1 saturated carbocycles. The van der Waals surface area contributed by atoms with Crippen LogP contribution >= 0.6 is 0 Å². The number of hydrogen-bond acceptors (Lipinski definition) is 5. The highest BCUT2D eigenvalue weighted by Gasteiger charge is 2.60. The number of nitrogens with one attached hydrogen (secondary N) is 1. The first-order valence-electron chi connectivity index (χ1n) is 15.4. The lowest BCUT2D eigenvalue weighted by atomic mass is 9.54. The molecule has 218 valence electrons. The summed E-state index contributed by atoms with van der Waals surface area (Å²) in [6, 6.07) is 4.38. The smallest absolute Gasteiger partial charge is 0.142 e. The van der Waals surface area contributed by atoms with Gasteiger partial charge in [0.1, 0.15) is 5.72 Å². The third-order valence-electron chi connectivity index (χ3n) is 10.5. The largest absolute Gasteiger partial charge is 0.393 e. The minimum Gasteiger partial charge on any atom is -0.393 e. The van der Waals surface area contributed by atoms with E-state index in [0.29, 0.717) is 17.8 Å². The number of allylic oxidation sites excluding steroid dienone is 1. The summed E-state index contributed by atoms with van der Waals surface area (Å²) in [7, 11) is 1.74. The van der Waals surface area contributed by atoms with Crippen molar-refractivity contribution in [1.29, 1.82) is 0 Å². The summed E-state index contributed by atoms with van der Waals surface area (Å²) in [5.41, 5.74) is 12.5. The molecule has 5 unspecified atom stereocenters. The number of methoxy groups -OCH3 is 1. The Labute approximate surface area is 237 Å². The minimum absolute atomic E-state index is 0.0406. The van der Waals surface area contributed by atoms with E-state index in [9.17, 15) is 5.11 Å². The highest BCUT2D eigenvalue weighted by atomic mass is 16.5. The Morgan fingerprint density at radius 2 is 2.05 bits per heavy atom. The fourth-order valence-electron chi connectivity index (χ4n) is 7.91. The maximum Gasteiger partial charge on any atom is 0.142 e. The number of aryl methyl sites for hydroxylation is 1. The van der Waals surface area contributed by atoms with E-state index in [-0.39, 0.29) is 17.1 Å². The second-order valence-corrected chi connectivity index (χ2v) is 13.0. The van der Waals surface area contributed by atoms with E-state index >= 15 is 0 Å². The molecule has 4 rings (SSSR count). The molecule has 4 N–H and O–H groups in total. The first-order chi connectivity index (χ1) is 18.5. The number of nitrogens with two attached hydrogens (primary N) is 1. The average molecular weight is 539 g/mol. The lowest BCUT2D eigenvalue weighted by Gasteiger charge is -2.53. The fourth-order valence-corrected chi connectivity index (χ4v) is 7.91. The molecule has 0 amide bonds.